The van der Waals surface area contributed by atoms with Crippen LogP contribution >= 0.6 is 0 Å². The number of carbonyl (C=O) groups excluding carboxylic acids is 1. The summed E-state index contributed by atoms with van der Waals surface area (Å²) in [4.78, 5) is 16.3. The van der Waals surface area contributed by atoms with Gasteiger partial charge in [-0.3, -0.25) is 0 Å². The van der Waals surface area contributed by atoms with E-state index >= 15 is 0 Å². The van der Waals surface area contributed by atoms with E-state index in [0.717, 1.165) is 51.1 Å². The van der Waals surface area contributed by atoms with Gasteiger partial charge in [0.2, 0.25) is 0 Å². The van der Waals surface area contributed by atoms with Gasteiger partial charge in [0.1, 0.15) is 0 Å². The summed E-state index contributed by atoms with van der Waals surface area (Å²) in [7, 11) is 0. The second kappa shape index (κ2) is 5.71. The molecule has 4 nitrogen and oxygen atoms in total. The average molecular weight is 239 g/mol. The number of likely N-dealkylation sites (tertiary alicyclic amines) is 1. The monoisotopic (exact) mass is 239 g/mol. The molecule has 2 heterocycles. The molecule has 0 aromatic rings. The Balaban J connectivity index is 1.81. The number of hydrogen-bond acceptors (Lipinski definition) is 2. The van der Waals surface area contributed by atoms with Gasteiger partial charge in [-0.2, -0.15) is 0 Å². The van der Waals surface area contributed by atoms with Crippen molar-refractivity contribution in [2.24, 2.45) is 11.8 Å². The zero-order valence-electron chi connectivity index (χ0n) is 11.1. The number of carbonyl (C=O) groups is 1. The van der Waals surface area contributed by atoms with Crippen LogP contribution in [0.1, 0.15) is 26.7 Å². The van der Waals surface area contributed by atoms with Gasteiger partial charge in [-0.25, -0.2) is 4.79 Å². The molecule has 4 heteroatoms. The minimum Gasteiger partial charge on any atom is -0.325 e. The smallest absolute Gasteiger partial charge is 0.320 e. The van der Waals surface area contributed by atoms with E-state index in [0.29, 0.717) is 0 Å². The van der Waals surface area contributed by atoms with Crippen molar-refractivity contribution in [1.82, 2.24) is 15.1 Å². The maximum Gasteiger partial charge on any atom is 0.320 e. The molecule has 2 saturated heterocycles. The molecule has 0 aromatic heterocycles. The van der Waals surface area contributed by atoms with Crippen molar-refractivity contribution >= 4 is 6.03 Å². The van der Waals surface area contributed by atoms with E-state index in [-0.39, 0.29) is 6.03 Å². The van der Waals surface area contributed by atoms with Gasteiger partial charge in [-0.1, -0.05) is 13.8 Å². The molecular formula is C13H25N3O. The Hall–Kier alpha value is -0.770. The van der Waals surface area contributed by atoms with E-state index in [9.17, 15) is 4.79 Å². The van der Waals surface area contributed by atoms with Gasteiger partial charge in [0.25, 0.3) is 0 Å². The molecule has 0 bridgehead atoms. The van der Waals surface area contributed by atoms with E-state index in [1.807, 2.05) is 9.80 Å². The van der Waals surface area contributed by atoms with Crippen LogP contribution in [-0.2, 0) is 0 Å². The zero-order valence-corrected chi connectivity index (χ0v) is 11.1. The van der Waals surface area contributed by atoms with Crippen LogP contribution in [0.3, 0.4) is 0 Å². The summed E-state index contributed by atoms with van der Waals surface area (Å²) < 4.78 is 0. The fraction of sp³-hybridized carbons (Fsp3) is 0.923. The minimum atomic E-state index is 0.258. The number of amides is 2. The molecule has 0 unspecified atom stereocenters. The van der Waals surface area contributed by atoms with Gasteiger partial charge in [-0.15, -0.1) is 0 Å². The molecule has 0 radical (unpaired) electrons. The Labute approximate surface area is 104 Å². The van der Waals surface area contributed by atoms with Crippen molar-refractivity contribution in [3.63, 3.8) is 0 Å². The molecule has 1 N–H and O–H groups in total. The SMILES string of the molecule is CC(C)C1CCN(C(=O)N2CCNCC2)CC1. The van der Waals surface area contributed by atoms with Crippen molar-refractivity contribution in [2.45, 2.75) is 26.7 Å². The molecule has 0 spiro atoms. The molecule has 0 atom stereocenters. The second-order valence-electron chi connectivity index (χ2n) is 5.59. The molecule has 0 saturated carbocycles. The van der Waals surface area contributed by atoms with Crippen molar-refractivity contribution in [3.8, 4) is 0 Å². The Morgan fingerprint density at radius 3 is 2.12 bits per heavy atom. The van der Waals surface area contributed by atoms with Gasteiger partial charge in [-0.05, 0) is 24.7 Å². The summed E-state index contributed by atoms with van der Waals surface area (Å²) in [6, 6.07) is 0.258. The van der Waals surface area contributed by atoms with Crippen LogP contribution < -0.4 is 5.32 Å². The zero-order chi connectivity index (χ0) is 12.3. The van der Waals surface area contributed by atoms with Gasteiger partial charge >= 0.3 is 6.03 Å². The summed E-state index contributed by atoms with van der Waals surface area (Å²) in [6.07, 6.45) is 2.35. The number of urea groups is 1. The summed E-state index contributed by atoms with van der Waals surface area (Å²) >= 11 is 0. The molecule has 2 aliphatic rings. The quantitative estimate of drug-likeness (QED) is 0.750. The topological polar surface area (TPSA) is 35.6 Å². The Kier molecular flexibility index (Phi) is 4.26. The third kappa shape index (κ3) is 3.12. The molecule has 17 heavy (non-hydrogen) atoms. The van der Waals surface area contributed by atoms with Crippen LogP contribution in [-0.4, -0.2) is 55.1 Å². The van der Waals surface area contributed by atoms with E-state index in [1.54, 1.807) is 0 Å². The molecule has 2 aliphatic heterocycles. The summed E-state index contributed by atoms with van der Waals surface area (Å²) in [5.74, 6) is 1.56. The van der Waals surface area contributed by atoms with Gasteiger partial charge in [0.05, 0.1) is 0 Å². The molecule has 0 aliphatic carbocycles. The predicted molar refractivity (Wildman–Crippen MR) is 69.0 cm³/mol. The fourth-order valence-electron chi connectivity index (χ4n) is 2.81. The summed E-state index contributed by atoms with van der Waals surface area (Å²) in [6.45, 7) is 10.1. The lowest BCUT2D eigenvalue weighted by Gasteiger charge is -2.38. The van der Waals surface area contributed by atoms with Crippen LogP contribution in [0, 0.1) is 11.8 Å². The summed E-state index contributed by atoms with van der Waals surface area (Å²) in [5, 5.41) is 3.28. The Morgan fingerprint density at radius 2 is 1.59 bits per heavy atom. The molecule has 98 valence electrons. The highest BCUT2D eigenvalue weighted by molar-refractivity contribution is 5.74. The maximum absolute atomic E-state index is 12.3. The van der Waals surface area contributed by atoms with Gasteiger partial charge in [0.15, 0.2) is 0 Å². The average Bonchev–Trinajstić information content (AvgIpc) is 2.39. The van der Waals surface area contributed by atoms with Gasteiger partial charge in [0, 0.05) is 39.3 Å². The van der Waals surface area contributed by atoms with Crippen molar-refractivity contribution < 1.29 is 4.79 Å². The van der Waals surface area contributed by atoms with Crippen LogP contribution in [0.15, 0.2) is 0 Å². The highest BCUT2D eigenvalue weighted by atomic mass is 16.2. The lowest BCUT2D eigenvalue weighted by Crippen LogP contribution is -2.53. The first kappa shape index (κ1) is 12.7. The van der Waals surface area contributed by atoms with E-state index in [2.05, 4.69) is 19.2 Å². The first-order chi connectivity index (χ1) is 8.18. The lowest BCUT2D eigenvalue weighted by molar-refractivity contribution is 0.119. The molecule has 2 rings (SSSR count). The van der Waals surface area contributed by atoms with Crippen LogP contribution in [0.2, 0.25) is 0 Å². The molecule has 0 aromatic carbocycles. The van der Waals surface area contributed by atoms with Crippen molar-refractivity contribution in [3.05, 3.63) is 0 Å². The summed E-state index contributed by atoms with van der Waals surface area (Å²) in [5.41, 5.74) is 0. The third-order valence-corrected chi connectivity index (χ3v) is 4.14. The minimum absolute atomic E-state index is 0.258. The maximum atomic E-state index is 12.3. The standard InChI is InChI=1S/C13H25N3O/c1-11(2)12-3-7-15(8-4-12)13(17)16-9-5-14-6-10-16/h11-12,14H,3-10H2,1-2H3. The number of nitrogens with one attached hydrogen (secondary N) is 1. The number of hydrogen-bond donors (Lipinski definition) is 1. The van der Waals surface area contributed by atoms with E-state index < -0.39 is 0 Å². The second-order valence-corrected chi connectivity index (χ2v) is 5.59. The normalized spacial score (nSPS) is 23.2. The van der Waals surface area contributed by atoms with Crippen molar-refractivity contribution in [1.29, 1.82) is 0 Å². The largest absolute Gasteiger partial charge is 0.325 e. The fourth-order valence-corrected chi connectivity index (χ4v) is 2.81. The number of nitrogens with zero attached hydrogens (tertiary/aromatic N) is 2. The van der Waals surface area contributed by atoms with Crippen LogP contribution in [0.25, 0.3) is 0 Å². The molecular weight excluding hydrogens is 214 g/mol. The number of piperazine rings is 1. The van der Waals surface area contributed by atoms with E-state index in [1.165, 1.54) is 12.8 Å². The van der Waals surface area contributed by atoms with Crippen molar-refractivity contribution in [2.75, 3.05) is 39.3 Å². The van der Waals surface area contributed by atoms with Gasteiger partial charge < -0.3 is 15.1 Å². The first-order valence-corrected chi connectivity index (χ1v) is 6.93. The van der Waals surface area contributed by atoms with E-state index in [4.69, 9.17) is 0 Å². The van der Waals surface area contributed by atoms with Crippen LogP contribution in [0.5, 0.6) is 0 Å². The third-order valence-electron chi connectivity index (χ3n) is 4.14. The van der Waals surface area contributed by atoms with Crippen LogP contribution in [0.4, 0.5) is 4.79 Å². The predicted octanol–water partition coefficient (Wildman–Crippen LogP) is 1.38. The molecule has 2 amide bonds. The highest BCUT2D eigenvalue weighted by Gasteiger charge is 2.27. The first-order valence-electron chi connectivity index (χ1n) is 6.93. The number of rotatable bonds is 1. The Bertz CT molecular complexity index is 253. The molecule has 2 fully saturated rings. The Morgan fingerprint density at radius 1 is 1.06 bits per heavy atom. The highest BCUT2D eigenvalue weighted by Crippen LogP contribution is 2.24. The number of piperidine rings is 1. The lowest BCUT2D eigenvalue weighted by atomic mass is 9.87.